The van der Waals surface area contributed by atoms with E-state index >= 15 is 0 Å². The molecular formula is C11H8N2O3. The smallest absolute Gasteiger partial charge is 0.263 e. The van der Waals surface area contributed by atoms with E-state index in [-0.39, 0.29) is 5.57 Å². The quantitative estimate of drug-likeness (QED) is 0.548. The molecule has 16 heavy (non-hydrogen) atoms. The number of hydrogen-bond donors (Lipinski definition) is 2. The Morgan fingerprint density at radius 1 is 1.12 bits per heavy atom. The first-order valence-corrected chi connectivity index (χ1v) is 4.60. The van der Waals surface area contributed by atoms with Crippen molar-refractivity contribution in [1.82, 2.24) is 5.32 Å². The zero-order valence-corrected chi connectivity index (χ0v) is 8.19. The first kappa shape index (κ1) is 10.1. The molecule has 0 aromatic heterocycles. The van der Waals surface area contributed by atoms with Crippen LogP contribution in [0.3, 0.4) is 0 Å². The first-order chi connectivity index (χ1) is 7.66. The van der Waals surface area contributed by atoms with E-state index < -0.39 is 17.7 Å². The highest BCUT2D eigenvalue weighted by Crippen LogP contribution is 2.09. The summed E-state index contributed by atoms with van der Waals surface area (Å²) in [5.41, 5.74) is 0.398. The van der Waals surface area contributed by atoms with Gasteiger partial charge in [-0.3, -0.25) is 19.7 Å². The predicted octanol–water partition coefficient (Wildman–Crippen LogP) is 0.208. The second-order valence-electron chi connectivity index (χ2n) is 3.20. The molecule has 1 aromatic carbocycles. The molecule has 0 saturated heterocycles. The standard InChI is InChI=1S/C11H8N2O3/c14-9-6-8(11(16)13-9)10(15)12-7-4-2-1-3-5-7/h1-6H,(H,12,15)(H,13,14,16). The van der Waals surface area contributed by atoms with Crippen molar-refractivity contribution in [2.24, 2.45) is 0 Å². The van der Waals surface area contributed by atoms with Gasteiger partial charge in [-0.1, -0.05) is 18.2 Å². The highest BCUT2D eigenvalue weighted by Gasteiger charge is 2.26. The van der Waals surface area contributed by atoms with Crippen molar-refractivity contribution in [1.29, 1.82) is 0 Å². The van der Waals surface area contributed by atoms with Gasteiger partial charge in [0.25, 0.3) is 17.7 Å². The van der Waals surface area contributed by atoms with Crippen molar-refractivity contribution in [3.8, 4) is 0 Å². The van der Waals surface area contributed by atoms with Crippen LogP contribution in [0.2, 0.25) is 0 Å². The summed E-state index contributed by atoms with van der Waals surface area (Å²) < 4.78 is 0. The molecule has 0 aliphatic carbocycles. The predicted molar refractivity (Wildman–Crippen MR) is 56.3 cm³/mol. The Morgan fingerprint density at radius 2 is 1.81 bits per heavy atom. The highest BCUT2D eigenvalue weighted by molar-refractivity contribution is 6.32. The summed E-state index contributed by atoms with van der Waals surface area (Å²) in [6.45, 7) is 0. The van der Waals surface area contributed by atoms with Gasteiger partial charge in [0.2, 0.25) is 0 Å². The third-order valence-corrected chi connectivity index (χ3v) is 2.03. The van der Waals surface area contributed by atoms with Crippen molar-refractivity contribution in [3.05, 3.63) is 42.0 Å². The number of rotatable bonds is 2. The van der Waals surface area contributed by atoms with Crippen molar-refractivity contribution in [2.75, 3.05) is 5.32 Å². The normalized spacial score (nSPS) is 14.4. The maximum Gasteiger partial charge on any atom is 0.263 e. The van der Waals surface area contributed by atoms with Crippen LogP contribution in [-0.4, -0.2) is 17.7 Å². The fourth-order valence-electron chi connectivity index (χ4n) is 1.30. The number of carbonyl (C=O) groups excluding carboxylic acids is 3. The molecule has 1 heterocycles. The van der Waals surface area contributed by atoms with Crippen LogP contribution in [0, 0.1) is 0 Å². The number of nitrogens with one attached hydrogen (secondary N) is 2. The summed E-state index contributed by atoms with van der Waals surface area (Å²) in [4.78, 5) is 33.6. The largest absolute Gasteiger partial charge is 0.322 e. The minimum Gasteiger partial charge on any atom is -0.322 e. The molecule has 2 rings (SSSR count). The van der Waals surface area contributed by atoms with Crippen LogP contribution >= 0.6 is 0 Å². The van der Waals surface area contributed by atoms with Gasteiger partial charge in [-0.2, -0.15) is 0 Å². The summed E-state index contributed by atoms with van der Waals surface area (Å²) in [5.74, 6) is -1.82. The monoisotopic (exact) mass is 216 g/mol. The molecule has 1 aliphatic heterocycles. The molecule has 0 radical (unpaired) electrons. The van der Waals surface area contributed by atoms with Crippen molar-refractivity contribution >= 4 is 23.4 Å². The Balaban J connectivity index is 2.13. The molecule has 2 N–H and O–H groups in total. The van der Waals surface area contributed by atoms with Crippen LogP contribution in [0.5, 0.6) is 0 Å². The van der Waals surface area contributed by atoms with Gasteiger partial charge in [-0.15, -0.1) is 0 Å². The molecule has 0 saturated carbocycles. The second kappa shape index (κ2) is 3.98. The number of carbonyl (C=O) groups is 3. The number of amides is 3. The lowest BCUT2D eigenvalue weighted by Gasteiger charge is -2.03. The van der Waals surface area contributed by atoms with Gasteiger partial charge in [0.05, 0.1) is 0 Å². The fourth-order valence-corrected chi connectivity index (χ4v) is 1.30. The molecule has 1 aromatic rings. The van der Waals surface area contributed by atoms with Gasteiger partial charge in [-0.25, -0.2) is 0 Å². The lowest BCUT2D eigenvalue weighted by molar-refractivity contribution is -0.124. The number of imide groups is 1. The van der Waals surface area contributed by atoms with E-state index in [0.29, 0.717) is 5.69 Å². The van der Waals surface area contributed by atoms with Crippen molar-refractivity contribution in [3.63, 3.8) is 0 Å². The van der Waals surface area contributed by atoms with Crippen molar-refractivity contribution in [2.45, 2.75) is 0 Å². The highest BCUT2D eigenvalue weighted by atomic mass is 16.2. The van der Waals surface area contributed by atoms with E-state index in [4.69, 9.17) is 0 Å². The topological polar surface area (TPSA) is 75.3 Å². The Morgan fingerprint density at radius 3 is 2.38 bits per heavy atom. The van der Waals surface area contributed by atoms with Gasteiger partial charge in [-0.05, 0) is 12.1 Å². The maximum atomic E-state index is 11.6. The van der Waals surface area contributed by atoms with Gasteiger partial charge < -0.3 is 5.32 Å². The van der Waals surface area contributed by atoms with Crippen LogP contribution in [0.4, 0.5) is 5.69 Å². The number of anilines is 1. The van der Waals surface area contributed by atoms with Crippen LogP contribution in [-0.2, 0) is 14.4 Å². The molecule has 0 spiro atoms. The van der Waals surface area contributed by atoms with Crippen LogP contribution in [0.25, 0.3) is 0 Å². The zero-order valence-electron chi connectivity index (χ0n) is 8.19. The molecule has 1 aliphatic rings. The Hall–Kier alpha value is -2.43. The molecule has 0 fully saturated rings. The fraction of sp³-hybridized carbons (Fsp3) is 0. The molecular weight excluding hydrogens is 208 g/mol. The van der Waals surface area contributed by atoms with Gasteiger partial charge >= 0.3 is 0 Å². The number of para-hydroxylation sites is 1. The van der Waals surface area contributed by atoms with Crippen LogP contribution in [0.15, 0.2) is 42.0 Å². The Labute approximate surface area is 91.1 Å². The average Bonchev–Trinajstić information content (AvgIpc) is 2.59. The van der Waals surface area contributed by atoms with Crippen LogP contribution < -0.4 is 10.6 Å². The lowest BCUT2D eigenvalue weighted by atomic mass is 10.2. The van der Waals surface area contributed by atoms with E-state index in [9.17, 15) is 14.4 Å². The zero-order chi connectivity index (χ0) is 11.5. The van der Waals surface area contributed by atoms with Gasteiger partial charge in [0.15, 0.2) is 0 Å². The Bertz CT molecular complexity index is 491. The molecule has 0 bridgehead atoms. The van der Waals surface area contributed by atoms with E-state index in [1.54, 1.807) is 30.3 Å². The first-order valence-electron chi connectivity index (χ1n) is 4.60. The second-order valence-corrected chi connectivity index (χ2v) is 3.20. The van der Waals surface area contributed by atoms with Gasteiger partial charge in [0, 0.05) is 11.8 Å². The number of hydrogen-bond acceptors (Lipinski definition) is 3. The third-order valence-electron chi connectivity index (χ3n) is 2.03. The molecule has 0 atom stereocenters. The lowest BCUT2D eigenvalue weighted by Crippen LogP contribution is -2.26. The van der Waals surface area contributed by atoms with E-state index in [1.807, 2.05) is 5.32 Å². The molecule has 5 nitrogen and oxygen atoms in total. The van der Waals surface area contributed by atoms with E-state index in [2.05, 4.69) is 5.32 Å². The molecule has 0 unspecified atom stereocenters. The average molecular weight is 216 g/mol. The van der Waals surface area contributed by atoms with E-state index in [0.717, 1.165) is 6.08 Å². The van der Waals surface area contributed by atoms with Gasteiger partial charge in [0.1, 0.15) is 5.57 Å². The molecule has 5 heteroatoms. The maximum absolute atomic E-state index is 11.6. The summed E-state index contributed by atoms with van der Waals surface area (Å²) in [6, 6.07) is 8.69. The van der Waals surface area contributed by atoms with E-state index in [1.165, 1.54) is 0 Å². The minimum absolute atomic E-state index is 0.172. The SMILES string of the molecule is O=C1C=C(C(=O)Nc2ccccc2)C(=O)N1. The summed E-state index contributed by atoms with van der Waals surface area (Å²) in [6.07, 6.45) is 0.987. The summed E-state index contributed by atoms with van der Waals surface area (Å²) in [7, 11) is 0. The van der Waals surface area contributed by atoms with Crippen LogP contribution in [0.1, 0.15) is 0 Å². The van der Waals surface area contributed by atoms with Crippen molar-refractivity contribution < 1.29 is 14.4 Å². The Kier molecular flexibility index (Phi) is 2.51. The third kappa shape index (κ3) is 1.98. The minimum atomic E-state index is -0.668. The summed E-state index contributed by atoms with van der Waals surface area (Å²) in [5, 5.41) is 4.52. The number of benzene rings is 1. The molecule has 80 valence electrons. The molecule has 3 amide bonds. The summed E-state index contributed by atoms with van der Waals surface area (Å²) >= 11 is 0.